The van der Waals surface area contributed by atoms with E-state index in [0.717, 1.165) is 32.1 Å². The molecule has 2 amide bonds. The zero-order chi connectivity index (χ0) is 14.5. The van der Waals surface area contributed by atoms with Crippen molar-refractivity contribution in [1.82, 2.24) is 10.2 Å². The van der Waals surface area contributed by atoms with E-state index in [9.17, 15) is 9.00 Å². The molecule has 2 fully saturated rings. The summed E-state index contributed by atoms with van der Waals surface area (Å²) < 4.78 is 12.1. The highest BCUT2D eigenvalue weighted by Gasteiger charge is 2.33. The molecule has 116 valence electrons. The Balaban J connectivity index is 1.90. The molecule has 2 N–H and O–H groups in total. The lowest BCUT2D eigenvalue weighted by Crippen LogP contribution is -2.51. The predicted molar refractivity (Wildman–Crippen MR) is 80.0 cm³/mol. The summed E-state index contributed by atoms with van der Waals surface area (Å²) in [6.07, 6.45) is 4.96. The number of aliphatic hydroxyl groups is 1. The van der Waals surface area contributed by atoms with Crippen molar-refractivity contribution in [2.24, 2.45) is 5.92 Å². The van der Waals surface area contributed by atoms with Gasteiger partial charge in [-0.15, -0.1) is 0 Å². The van der Waals surface area contributed by atoms with Crippen LogP contribution in [-0.4, -0.2) is 57.0 Å². The van der Waals surface area contributed by atoms with Crippen LogP contribution in [0.5, 0.6) is 0 Å². The molecule has 1 aliphatic carbocycles. The molecule has 5 nitrogen and oxygen atoms in total. The van der Waals surface area contributed by atoms with E-state index in [1.165, 1.54) is 0 Å². The first-order chi connectivity index (χ1) is 9.65. The molecule has 20 heavy (non-hydrogen) atoms. The normalized spacial score (nSPS) is 32.1. The standard InChI is InChI=1S/C14H26N2O3S/c1-2-20(19)13-6-4-3-5-12(13)15-14(18)16-8-7-11(9-16)10-17/h11-13,17H,2-10H2,1H3,(H,15,18). The molecule has 1 saturated heterocycles. The quantitative estimate of drug-likeness (QED) is 0.817. The first-order valence-corrected chi connectivity index (χ1v) is 9.07. The largest absolute Gasteiger partial charge is 0.396 e. The van der Waals surface area contributed by atoms with Gasteiger partial charge >= 0.3 is 6.03 Å². The van der Waals surface area contributed by atoms with Gasteiger partial charge in [-0.25, -0.2) is 4.79 Å². The number of likely N-dealkylation sites (tertiary alicyclic amines) is 1. The molecule has 1 saturated carbocycles. The van der Waals surface area contributed by atoms with Gasteiger partial charge in [0.2, 0.25) is 0 Å². The predicted octanol–water partition coefficient (Wildman–Crippen LogP) is 1.09. The Kier molecular flexibility index (Phi) is 5.84. The summed E-state index contributed by atoms with van der Waals surface area (Å²) in [6.45, 7) is 3.44. The number of aliphatic hydroxyl groups excluding tert-OH is 1. The SMILES string of the molecule is CCS(=O)C1CCCCC1NC(=O)N1CCC(CO)C1. The number of rotatable bonds is 4. The number of amides is 2. The van der Waals surface area contributed by atoms with Gasteiger partial charge in [-0.05, 0) is 19.3 Å². The smallest absolute Gasteiger partial charge is 0.317 e. The maximum atomic E-state index is 12.3. The van der Waals surface area contributed by atoms with E-state index in [-0.39, 0.29) is 29.8 Å². The van der Waals surface area contributed by atoms with Crippen molar-refractivity contribution in [2.45, 2.75) is 50.3 Å². The summed E-state index contributed by atoms with van der Waals surface area (Å²) in [4.78, 5) is 14.0. The number of nitrogens with one attached hydrogen (secondary N) is 1. The summed E-state index contributed by atoms with van der Waals surface area (Å²) in [5.74, 6) is 0.875. The van der Waals surface area contributed by atoms with Crippen LogP contribution in [0, 0.1) is 5.92 Å². The molecule has 0 bridgehead atoms. The average molecular weight is 302 g/mol. The monoisotopic (exact) mass is 302 g/mol. The van der Waals surface area contributed by atoms with Crippen molar-refractivity contribution in [3.8, 4) is 0 Å². The fraction of sp³-hybridized carbons (Fsp3) is 0.929. The molecule has 2 rings (SSSR count). The minimum absolute atomic E-state index is 0.0465. The van der Waals surface area contributed by atoms with E-state index in [1.54, 1.807) is 4.90 Å². The van der Waals surface area contributed by atoms with Gasteiger partial charge in [0, 0.05) is 48.2 Å². The lowest BCUT2D eigenvalue weighted by Gasteiger charge is -2.32. The van der Waals surface area contributed by atoms with Gasteiger partial charge in [-0.2, -0.15) is 0 Å². The van der Waals surface area contributed by atoms with Gasteiger partial charge in [-0.3, -0.25) is 4.21 Å². The lowest BCUT2D eigenvalue weighted by molar-refractivity contribution is 0.192. The number of carbonyl (C=O) groups is 1. The van der Waals surface area contributed by atoms with E-state index in [2.05, 4.69) is 5.32 Å². The summed E-state index contributed by atoms with van der Waals surface area (Å²) in [5, 5.41) is 12.3. The van der Waals surface area contributed by atoms with Crippen LogP contribution in [0.3, 0.4) is 0 Å². The maximum Gasteiger partial charge on any atom is 0.317 e. The average Bonchev–Trinajstić information content (AvgIpc) is 2.96. The van der Waals surface area contributed by atoms with Gasteiger partial charge < -0.3 is 15.3 Å². The molecule has 0 spiro atoms. The third-order valence-electron chi connectivity index (χ3n) is 4.46. The molecule has 6 heteroatoms. The van der Waals surface area contributed by atoms with Gasteiger partial charge in [0.05, 0.1) is 5.25 Å². The van der Waals surface area contributed by atoms with Crippen LogP contribution >= 0.6 is 0 Å². The van der Waals surface area contributed by atoms with Crippen LogP contribution in [0.4, 0.5) is 4.79 Å². The third kappa shape index (κ3) is 3.73. The maximum absolute atomic E-state index is 12.3. The van der Waals surface area contributed by atoms with E-state index >= 15 is 0 Å². The first-order valence-electron chi connectivity index (χ1n) is 7.69. The first kappa shape index (κ1) is 15.8. The number of hydrogen-bond acceptors (Lipinski definition) is 3. The summed E-state index contributed by atoms with van der Waals surface area (Å²) in [6, 6.07) is -0.00355. The number of nitrogens with zero attached hydrogens (tertiary/aromatic N) is 1. The second kappa shape index (κ2) is 7.41. The van der Waals surface area contributed by atoms with E-state index in [0.29, 0.717) is 18.8 Å². The topological polar surface area (TPSA) is 69.6 Å². The number of carbonyl (C=O) groups excluding carboxylic acids is 1. The minimum Gasteiger partial charge on any atom is -0.396 e. The van der Waals surface area contributed by atoms with Gasteiger partial charge in [0.15, 0.2) is 0 Å². The minimum atomic E-state index is -0.843. The van der Waals surface area contributed by atoms with Gasteiger partial charge in [0.1, 0.15) is 0 Å². The molecule has 1 aliphatic heterocycles. The highest BCUT2D eigenvalue weighted by Crippen LogP contribution is 2.24. The van der Waals surface area contributed by atoms with Crippen LogP contribution < -0.4 is 5.32 Å². The Labute approximate surface area is 123 Å². The zero-order valence-electron chi connectivity index (χ0n) is 12.2. The van der Waals surface area contributed by atoms with Crippen molar-refractivity contribution >= 4 is 16.8 Å². The van der Waals surface area contributed by atoms with Crippen LogP contribution in [0.1, 0.15) is 39.0 Å². The van der Waals surface area contributed by atoms with Crippen molar-refractivity contribution in [1.29, 1.82) is 0 Å². The summed E-state index contributed by atoms with van der Waals surface area (Å²) in [7, 11) is -0.843. The van der Waals surface area contributed by atoms with Crippen molar-refractivity contribution in [3.05, 3.63) is 0 Å². The molecule has 4 unspecified atom stereocenters. The molecule has 0 aromatic rings. The molecule has 0 aromatic carbocycles. The molecular formula is C14H26N2O3S. The second-order valence-electron chi connectivity index (χ2n) is 5.83. The van der Waals surface area contributed by atoms with E-state index in [4.69, 9.17) is 5.11 Å². The molecule has 4 atom stereocenters. The summed E-state index contributed by atoms with van der Waals surface area (Å²) >= 11 is 0. The van der Waals surface area contributed by atoms with E-state index in [1.807, 2.05) is 6.92 Å². The van der Waals surface area contributed by atoms with Crippen molar-refractivity contribution in [2.75, 3.05) is 25.4 Å². The summed E-state index contributed by atoms with van der Waals surface area (Å²) in [5.41, 5.74) is 0. The molecule has 0 aromatic heterocycles. The molecule has 0 radical (unpaired) electrons. The highest BCUT2D eigenvalue weighted by atomic mass is 32.2. The van der Waals surface area contributed by atoms with Gasteiger partial charge in [0.25, 0.3) is 0 Å². The van der Waals surface area contributed by atoms with Crippen LogP contribution in [0.25, 0.3) is 0 Å². The highest BCUT2D eigenvalue weighted by molar-refractivity contribution is 7.85. The number of hydrogen-bond donors (Lipinski definition) is 2. The molecule has 2 aliphatic rings. The molecular weight excluding hydrogens is 276 g/mol. The van der Waals surface area contributed by atoms with Crippen molar-refractivity contribution < 1.29 is 14.1 Å². The van der Waals surface area contributed by atoms with Crippen LogP contribution in [-0.2, 0) is 10.8 Å². The Morgan fingerprint density at radius 3 is 2.75 bits per heavy atom. The third-order valence-corrected chi connectivity index (χ3v) is 6.27. The van der Waals surface area contributed by atoms with Crippen LogP contribution in [0.2, 0.25) is 0 Å². The van der Waals surface area contributed by atoms with E-state index < -0.39 is 10.8 Å². The lowest BCUT2D eigenvalue weighted by atomic mass is 9.95. The number of urea groups is 1. The Bertz CT molecular complexity index is 364. The Morgan fingerprint density at radius 2 is 2.10 bits per heavy atom. The fourth-order valence-electron chi connectivity index (χ4n) is 3.21. The Morgan fingerprint density at radius 1 is 1.35 bits per heavy atom. The fourth-order valence-corrected chi connectivity index (χ4v) is 4.63. The Hall–Kier alpha value is -0.620. The van der Waals surface area contributed by atoms with Crippen molar-refractivity contribution in [3.63, 3.8) is 0 Å². The van der Waals surface area contributed by atoms with Gasteiger partial charge in [-0.1, -0.05) is 19.8 Å². The zero-order valence-corrected chi connectivity index (χ0v) is 13.0. The van der Waals surface area contributed by atoms with Crippen LogP contribution in [0.15, 0.2) is 0 Å². The second-order valence-corrected chi connectivity index (χ2v) is 7.78. The molecule has 1 heterocycles.